The molecule has 1 heterocycles. The Labute approximate surface area is 158 Å². The summed E-state index contributed by atoms with van der Waals surface area (Å²) in [7, 11) is 3.03. The van der Waals surface area contributed by atoms with E-state index in [9.17, 15) is 4.79 Å². The molecule has 1 aliphatic heterocycles. The van der Waals surface area contributed by atoms with Crippen LogP contribution in [0.5, 0.6) is 11.5 Å². The Kier molecular flexibility index (Phi) is 4.32. The zero-order valence-electron chi connectivity index (χ0n) is 15.5. The van der Waals surface area contributed by atoms with Gasteiger partial charge in [-0.05, 0) is 41.6 Å². The van der Waals surface area contributed by atoms with Gasteiger partial charge < -0.3 is 14.2 Å². The molecule has 0 spiro atoms. The molecule has 0 aliphatic carbocycles. The normalized spacial score (nSPS) is 15.1. The van der Waals surface area contributed by atoms with Crippen LogP contribution in [0.15, 0.2) is 54.6 Å². The molecule has 4 rings (SSSR count). The average Bonchev–Trinajstić information content (AvgIpc) is 2.73. The maximum atomic E-state index is 12.5. The third kappa shape index (κ3) is 2.83. The van der Waals surface area contributed by atoms with Crippen molar-refractivity contribution in [1.29, 1.82) is 0 Å². The predicted octanol–water partition coefficient (Wildman–Crippen LogP) is 5.09. The van der Waals surface area contributed by atoms with Gasteiger partial charge in [-0.2, -0.15) is 0 Å². The van der Waals surface area contributed by atoms with Crippen LogP contribution in [0.4, 0.5) is 0 Å². The third-order valence-electron chi connectivity index (χ3n) is 4.96. The highest BCUT2D eigenvalue weighted by atomic mass is 16.5. The van der Waals surface area contributed by atoms with Gasteiger partial charge in [-0.15, -0.1) is 0 Å². The van der Waals surface area contributed by atoms with E-state index in [1.807, 2.05) is 67.6 Å². The number of methoxy groups -OCH3 is 2. The molecule has 1 unspecified atom stereocenters. The minimum absolute atomic E-state index is 0.221. The maximum absolute atomic E-state index is 12.5. The van der Waals surface area contributed by atoms with Gasteiger partial charge >= 0.3 is 5.97 Å². The number of esters is 1. The number of benzene rings is 3. The minimum Gasteiger partial charge on any atom is -0.497 e. The summed E-state index contributed by atoms with van der Waals surface area (Å²) in [5.41, 5.74) is 3.19. The molecule has 1 atom stereocenters. The van der Waals surface area contributed by atoms with Crippen molar-refractivity contribution in [3.05, 3.63) is 76.9 Å². The fraction of sp³-hybridized carbons (Fsp3) is 0.174. The summed E-state index contributed by atoms with van der Waals surface area (Å²) < 4.78 is 16.8. The first-order chi connectivity index (χ1) is 13.1. The number of carbonyl (C=O) groups is 1. The molecule has 0 N–H and O–H groups in total. The lowest BCUT2D eigenvalue weighted by Crippen LogP contribution is -2.14. The highest BCUT2D eigenvalue weighted by molar-refractivity contribution is 6.06. The lowest BCUT2D eigenvalue weighted by Gasteiger charge is -2.26. The number of ether oxygens (including phenoxy) is 3. The number of hydrogen-bond donors (Lipinski definition) is 0. The van der Waals surface area contributed by atoms with Crippen LogP contribution < -0.4 is 9.47 Å². The molecule has 0 radical (unpaired) electrons. The van der Waals surface area contributed by atoms with E-state index in [2.05, 4.69) is 0 Å². The molecule has 4 nitrogen and oxygen atoms in total. The summed E-state index contributed by atoms with van der Waals surface area (Å²) in [6, 6.07) is 15.8. The fourth-order valence-electron chi connectivity index (χ4n) is 3.58. The molecule has 136 valence electrons. The van der Waals surface area contributed by atoms with Crippen molar-refractivity contribution in [2.45, 2.75) is 13.0 Å². The van der Waals surface area contributed by atoms with Crippen molar-refractivity contribution in [1.82, 2.24) is 0 Å². The smallest absolute Gasteiger partial charge is 0.338 e. The first-order valence-electron chi connectivity index (χ1n) is 8.76. The van der Waals surface area contributed by atoms with E-state index >= 15 is 0 Å². The molecular weight excluding hydrogens is 340 g/mol. The van der Waals surface area contributed by atoms with E-state index in [0.717, 1.165) is 33.2 Å². The number of hydrogen-bond acceptors (Lipinski definition) is 4. The van der Waals surface area contributed by atoms with Crippen molar-refractivity contribution in [2.24, 2.45) is 0 Å². The van der Waals surface area contributed by atoms with Gasteiger partial charge in [0.05, 0.1) is 19.8 Å². The van der Waals surface area contributed by atoms with Crippen LogP contribution in [0.2, 0.25) is 0 Å². The summed E-state index contributed by atoms with van der Waals surface area (Å²) in [5, 5.41) is 1.86. The Morgan fingerprint density at radius 3 is 2.52 bits per heavy atom. The summed E-state index contributed by atoms with van der Waals surface area (Å²) in [6.45, 7) is 1.93. The van der Waals surface area contributed by atoms with Crippen molar-refractivity contribution in [2.75, 3.05) is 14.2 Å². The first kappa shape index (κ1) is 17.2. The van der Waals surface area contributed by atoms with Crippen LogP contribution in [0.1, 0.15) is 33.2 Å². The van der Waals surface area contributed by atoms with E-state index in [1.54, 1.807) is 7.11 Å². The maximum Gasteiger partial charge on any atom is 0.338 e. The molecule has 0 aromatic heterocycles. The number of rotatable bonds is 3. The van der Waals surface area contributed by atoms with Gasteiger partial charge in [-0.25, -0.2) is 4.79 Å². The zero-order chi connectivity index (χ0) is 19.0. The van der Waals surface area contributed by atoms with Crippen LogP contribution in [0.3, 0.4) is 0 Å². The number of carbonyl (C=O) groups excluding carboxylic acids is 1. The molecule has 0 saturated carbocycles. The standard InChI is InChI=1S/C23H20O4/c1-14-17-10-9-16(25-2)13-19(17)22-18(21(14)23(24)26-3)11-12-20(27-22)15-7-5-4-6-8-15/h4-13,20H,1-3H3. The number of fused-ring (bicyclic) bond motifs is 3. The van der Waals surface area contributed by atoms with Gasteiger partial charge in [0.1, 0.15) is 17.6 Å². The van der Waals surface area contributed by atoms with Gasteiger partial charge in [-0.3, -0.25) is 0 Å². The Balaban J connectivity index is 1.98. The van der Waals surface area contributed by atoms with Crippen LogP contribution >= 0.6 is 0 Å². The second kappa shape index (κ2) is 6.80. The Morgan fingerprint density at radius 1 is 1.04 bits per heavy atom. The van der Waals surface area contributed by atoms with Crippen molar-refractivity contribution in [3.63, 3.8) is 0 Å². The number of aryl methyl sites for hydroxylation is 1. The van der Waals surface area contributed by atoms with Crippen molar-refractivity contribution in [3.8, 4) is 11.5 Å². The Hall–Kier alpha value is -3.27. The van der Waals surface area contributed by atoms with Crippen LogP contribution in [0, 0.1) is 6.92 Å². The van der Waals surface area contributed by atoms with Gasteiger partial charge in [0, 0.05) is 10.9 Å². The van der Waals surface area contributed by atoms with Crippen molar-refractivity contribution < 1.29 is 19.0 Å². The summed E-state index contributed by atoms with van der Waals surface area (Å²) in [6.07, 6.45) is 3.70. The van der Waals surface area contributed by atoms with Gasteiger partial charge in [0.2, 0.25) is 0 Å². The molecule has 1 aliphatic rings. The minimum atomic E-state index is -0.368. The van der Waals surface area contributed by atoms with Gasteiger partial charge in [0.15, 0.2) is 0 Å². The van der Waals surface area contributed by atoms with Crippen molar-refractivity contribution >= 4 is 22.8 Å². The average molecular weight is 360 g/mol. The topological polar surface area (TPSA) is 44.8 Å². The summed E-state index contributed by atoms with van der Waals surface area (Å²) in [4.78, 5) is 12.5. The Bertz CT molecular complexity index is 1050. The van der Waals surface area contributed by atoms with Gasteiger partial charge in [0.25, 0.3) is 0 Å². The molecule has 0 saturated heterocycles. The van der Waals surface area contributed by atoms with Crippen LogP contribution in [0.25, 0.3) is 16.8 Å². The molecule has 0 bridgehead atoms. The highest BCUT2D eigenvalue weighted by Gasteiger charge is 2.27. The second-order valence-corrected chi connectivity index (χ2v) is 6.45. The lowest BCUT2D eigenvalue weighted by atomic mass is 9.91. The Morgan fingerprint density at radius 2 is 1.81 bits per heavy atom. The molecule has 27 heavy (non-hydrogen) atoms. The molecule has 3 aromatic carbocycles. The monoisotopic (exact) mass is 360 g/mol. The van der Waals surface area contributed by atoms with E-state index in [0.29, 0.717) is 11.3 Å². The third-order valence-corrected chi connectivity index (χ3v) is 4.96. The first-order valence-corrected chi connectivity index (χ1v) is 8.76. The van der Waals surface area contributed by atoms with E-state index in [4.69, 9.17) is 14.2 Å². The molecule has 0 amide bonds. The molecule has 3 aromatic rings. The van der Waals surface area contributed by atoms with Crippen LogP contribution in [-0.2, 0) is 4.74 Å². The van der Waals surface area contributed by atoms with Crippen LogP contribution in [-0.4, -0.2) is 20.2 Å². The lowest BCUT2D eigenvalue weighted by molar-refractivity contribution is 0.0599. The largest absolute Gasteiger partial charge is 0.497 e. The molecular formula is C23H20O4. The zero-order valence-corrected chi connectivity index (χ0v) is 15.5. The predicted molar refractivity (Wildman–Crippen MR) is 105 cm³/mol. The quantitative estimate of drug-likeness (QED) is 0.610. The van der Waals surface area contributed by atoms with E-state index < -0.39 is 0 Å². The highest BCUT2D eigenvalue weighted by Crippen LogP contribution is 2.43. The molecule has 0 fully saturated rings. The summed E-state index contributed by atoms with van der Waals surface area (Å²) in [5.74, 6) is 1.04. The molecule has 4 heteroatoms. The van der Waals surface area contributed by atoms with E-state index in [-0.39, 0.29) is 12.1 Å². The van der Waals surface area contributed by atoms with E-state index in [1.165, 1.54) is 7.11 Å². The summed E-state index contributed by atoms with van der Waals surface area (Å²) >= 11 is 0. The SMILES string of the molecule is COC(=O)c1c2c(c3cc(OC)ccc3c1C)OC(c1ccccc1)C=C2. The second-order valence-electron chi connectivity index (χ2n) is 6.45. The van der Waals surface area contributed by atoms with Gasteiger partial charge in [-0.1, -0.05) is 42.5 Å². The fourth-order valence-corrected chi connectivity index (χ4v) is 3.58.